The van der Waals surface area contributed by atoms with Crippen molar-refractivity contribution in [1.82, 2.24) is 20.6 Å². The molecule has 8 nitrogen and oxygen atoms in total. The molecular weight excluding hydrogens is 596 g/mol. The zero-order valence-corrected chi connectivity index (χ0v) is 28.1. The highest BCUT2D eigenvalue weighted by atomic mass is 32.1. The van der Waals surface area contributed by atoms with Crippen molar-refractivity contribution in [2.24, 2.45) is 11.3 Å². The van der Waals surface area contributed by atoms with E-state index in [0.717, 1.165) is 81.2 Å². The molecule has 0 saturated heterocycles. The summed E-state index contributed by atoms with van der Waals surface area (Å²) < 4.78 is 10.3. The summed E-state index contributed by atoms with van der Waals surface area (Å²) >= 11 is 1.79. The number of rotatable bonds is 9. The number of carbonyl (C=O) groups excluding carboxylic acids is 2. The van der Waals surface area contributed by atoms with Gasteiger partial charge in [0.05, 0.1) is 35.8 Å². The Morgan fingerprint density at radius 1 is 0.935 bits per heavy atom. The first-order valence-electron chi connectivity index (χ1n) is 17.0. The second kappa shape index (κ2) is 12.6. The van der Waals surface area contributed by atoms with Gasteiger partial charge in [-0.25, -0.2) is 9.78 Å². The first kappa shape index (κ1) is 31.2. The number of carbonyl (C=O) groups is 2. The van der Waals surface area contributed by atoms with Crippen LogP contribution in [0, 0.1) is 18.3 Å². The van der Waals surface area contributed by atoms with Gasteiger partial charge in [0, 0.05) is 30.3 Å². The summed E-state index contributed by atoms with van der Waals surface area (Å²) in [6, 6.07) is 10.9. The average Bonchev–Trinajstić information content (AvgIpc) is 3.83. The zero-order chi connectivity index (χ0) is 31.9. The van der Waals surface area contributed by atoms with Gasteiger partial charge in [-0.2, -0.15) is 0 Å². The number of aromatic nitrogens is 2. The highest BCUT2D eigenvalue weighted by Gasteiger charge is 2.54. The lowest BCUT2D eigenvalue weighted by Gasteiger charge is -2.56. The van der Waals surface area contributed by atoms with Gasteiger partial charge in [0.25, 0.3) is 0 Å². The molecule has 9 heteroatoms. The molecule has 0 spiro atoms. The lowest BCUT2D eigenvalue weighted by molar-refractivity contribution is -0.129. The van der Waals surface area contributed by atoms with E-state index >= 15 is 0 Å². The number of benzene rings is 1. The number of thiazole rings is 1. The fourth-order valence-electron chi connectivity index (χ4n) is 8.51. The maximum absolute atomic E-state index is 14.0. The van der Waals surface area contributed by atoms with Crippen LogP contribution >= 0.6 is 11.3 Å². The molecule has 3 aromatic rings. The van der Waals surface area contributed by atoms with Gasteiger partial charge in [-0.3, -0.25) is 9.78 Å². The zero-order valence-electron chi connectivity index (χ0n) is 27.3. The molecule has 2 N–H and O–H groups in total. The van der Waals surface area contributed by atoms with Gasteiger partial charge in [0.1, 0.15) is 5.75 Å². The summed E-state index contributed by atoms with van der Waals surface area (Å²) in [7, 11) is 3.12. The fraction of sp³-hybridized carbons (Fsp3) is 0.568. The van der Waals surface area contributed by atoms with Gasteiger partial charge < -0.3 is 20.1 Å². The van der Waals surface area contributed by atoms with Gasteiger partial charge in [0.15, 0.2) is 0 Å². The molecule has 5 aliphatic carbocycles. The predicted molar refractivity (Wildman–Crippen MR) is 179 cm³/mol. The molecule has 2 aromatic heterocycles. The summed E-state index contributed by atoms with van der Waals surface area (Å²) in [6.07, 6.45) is 15.5. The van der Waals surface area contributed by atoms with Gasteiger partial charge in [-0.05, 0) is 130 Å². The molecule has 5 aliphatic rings. The van der Waals surface area contributed by atoms with Crippen LogP contribution in [0.3, 0.4) is 0 Å². The Kier molecular flexibility index (Phi) is 8.55. The van der Waals surface area contributed by atoms with E-state index < -0.39 is 6.09 Å². The fourth-order valence-corrected chi connectivity index (χ4v) is 9.60. The highest BCUT2D eigenvalue weighted by Crippen LogP contribution is 2.62. The topological polar surface area (TPSA) is 102 Å². The van der Waals surface area contributed by atoms with E-state index in [9.17, 15) is 9.59 Å². The van der Waals surface area contributed by atoms with Crippen molar-refractivity contribution in [3.63, 3.8) is 0 Å². The summed E-state index contributed by atoms with van der Waals surface area (Å²) in [5.41, 5.74) is 4.84. The molecule has 2 amide bonds. The molecule has 0 aliphatic heterocycles. The molecular formula is C37H46N4O4S. The van der Waals surface area contributed by atoms with Crippen LogP contribution in [0.15, 0.2) is 42.7 Å². The molecule has 2 bridgehead atoms. The van der Waals surface area contributed by atoms with Crippen LogP contribution in [0.25, 0.3) is 10.4 Å². The Balaban J connectivity index is 1.14. The minimum atomic E-state index is -0.404. The van der Waals surface area contributed by atoms with Gasteiger partial charge in [-0.15, -0.1) is 11.3 Å². The van der Waals surface area contributed by atoms with E-state index in [1.807, 2.05) is 12.4 Å². The number of hydrogen-bond donors (Lipinski definition) is 2. The number of methoxy groups -OCH3 is 2. The van der Waals surface area contributed by atoms with Crippen LogP contribution in [0.5, 0.6) is 5.75 Å². The Morgan fingerprint density at radius 3 is 2.33 bits per heavy atom. The Bertz CT molecular complexity index is 1570. The molecule has 8 rings (SSSR count). The van der Waals surface area contributed by atoms with Gasteiger partial charge >= 0.3 is 6.09 Å². The molecule has 5 saturated carbocycles. The van der Waals surface area contributed by atoms with Crippen LogP contribution in [0.1, 0.15) is 111 Å². The smallest absolute Gasteiger partial charge is 0.407 e. The van der Waals surface area contributed by atoms with Crippen molar-refractivity contribution < 1.29 is 19.1 Å². The van der Waals surface area contributed by atoms with Crippen molar-refractivity contribution in [3.05, 3.63) is 64.6 Å². The van der Waals surface area contributed by atoms with Crippen molar-refractivity contribution in [1.29, 1.82) is 0 Å². The molecule has 2 heterocycles. The van der Waals surface area contributed by atoms with E-state index in [1.54, 1.807) is 18.4 Å². The van der Waals surface area contributed by atoms with E-state index in [2.05, 4.69) is 47.9 Å². The number of nitrogens with zero attached hydrogens (tertiary/aromatic N) is 2. The SMILES string of the molecule is COC(=O)NC1CCC(C(=O)NC(c2cc(-c3cnc(C4CC4)s3)ccn2)C23CCC(c4ccc(OC)c(C)c4)(CC2)CC3)CC1. The molecule has 1 aromatic carbocycles. The normalized spacial score (nSPS) is 27.9. The van der Waals surface area contributed by atoms with Crippen molar-refractivity contribution in [3.8, 4) is 16.2 Å². The first-order chi connectivity index (χ1) is 22.3. The lowest BCUT2D eigenvalue weighted by atomic mass is 9.49. The molecule has 1 atom stereocenters. The second-order valence-electron chi connectivity index (χ2n) is 14.3. The van der Waals surface area contributed by atoms with Crippen molar-refractivity contribution >= 4 is 23.3 Å². The standard InChI is InChI=1S/C37H46N4O4S/c1-23-20-27(8-11-30(23)44-2)36-13-16-37(17-14-36,18-15-36)32(41-33(42)24-6-9-28(10-7-24)40-35(43)45-3)29-21-26(12-19-38-29)31-22-39-34(46-31)25-4-5-25/h8,11-12,19-22,24-25,28,32H,4-7,9-10,13-18H2,1-3H3,(H,40,43)(H,41,42). The number of hydrogen-bond acceptors (Lipinski definition) is 7. The van der Waals surface area contributed by atoms with Gasteiger partial charge in [-0.1, -0.05) is 12.1 Å². The quantitative estimate of drug-likeness (QED) is 0.247. The monoisotopic (exact) mass is 642 g/mol. The van der Waals surface area contributed by atoms with Gasteiger partial charge in [0.2, 0.25) is 5.91 Å². The number of pyridine rings is 1. The molecule has 1 unspecified atom stereocenters. The van der Waals surface area contributed by atoms with Crippen LogP contribution < -0.4 is 15.4 Å². The van der Waals surface area contributed by atoms with Crippen LogP contribution in [0.2, 0.25) is 0 Å². The minimum absolute atomic E-state index is 0.0406. The maximum Gasteiger partial charge on any atom is 0.407 e. The summed E-state index contributed by atoms with van der Waals surface area (Å²) in [5.74, 6) is 1.61. The van der Waals surface area contributed by atoms with Crippen molar-refractivity contribution in [2.45, 2.75) is 107 Å². The molecule has 5 fully saturated rings. The summed E-state index contributed by atoms with van der Waals surface area (Å²) in [5, 5.41) is 7.75. The average molecular weight is 643 g/mol. The third-order valence-corrected chi connectivity index (χ3v) is 12.8. The third-order valence-electron chi connectivity index (χ3n) is 11.6. The highest BCUT2D eigenvalue weighted by molar-refractivity contribution is 7.15. The number of alkyl carbamates (subject to hydrolysis) is 1. The minimum Gasteiger partial charge on any atom is -0.496 e. The second-order valence-corrected chi connectivity index (χ2v) is 15.3. The van der Waals surface area contributed by atoms with Crippen LogP contribution in [0.4, 0.5) is 4.79 Å². The van der Waals surface area contributed by atoms with Crippen molar-refractivity contribution in [2.75, 3.05) is 14.2 Å². The number of ether oxygens (including phenoxy) is 2. The first-order valence-corrected chi connectivity index (χ1v) is 17.9. The summed E-state index contributed by atoms with van der Waals surface area (Å²) in [6.45, 7) is 2.13. The van der Waals surface area contributed by atoms with Crippen LogP contribution in [-0.2, 0) is 14.9 Å². The Labute approximate surface area is 276 Å². The lowest BCUT2D eigenvalue weighted by Crippen LogP contribution is -2.52. The number of nitrogens with one attached hydrogen (secondary N) is 2. The Hall–Kier alpha value is -3.46. The summed E-state index contributed by atoms with van der Waals surface area (Å²) in [4.78, 5) is 36.6. The molecule has 46 heavy (non-hydrogen) atoms. The van der Waals surface area contributed by atoms with E-state index in [0.29, 0.717) is 5.92 Å². The maximum atomic E-state index is 14.0. The largest absolute Gasteiger partial charge is 0.496 e. The predicted octanol–water partition coefficient (Wildman–Crippen LogP) is 7.76. The number of amides is 2. The third kappa shape index (κ3) is 6.03. The number of fused-ring (bicyclic) bond motifs is 3. The molecule has 244 valence electrons. The van der Waals surface area contributed by atoms with Crippen LogP contribution in [-0.4, -0.2) is 42.2 Å². The molecule has 0 radical (unpaired) electrons. The number of aryl methyl sites for hydroxylation is 1. The Morgan fingerprint density at radius 2 is 1.67 bits per heavy atom. The van der Waals surface area contributed by atoms with E-state index in [-0.39, 0.29) is 34.7 Å². The van der Waals surface area contributed by atoms with E-state index in [4.69, 9.17) is 19.4 Å². The van der Waals surface area contributed by atoms with E-state index in [1.165, 1.54) is 41.0 Å².